The number of aromatic nitrogens is 10. The number of fused-ring (bicyclic) bond motifs is 2. The van der Waals surface area contributed by atoms with Crippen LogP contribution in [0.25, 0.3) is 76.0 Å². The molecule has 2 amide bonds. The topological polar surface area (TPSA) is 372 Å². The molecule has 6 aromatic carbocycles. The van der Waals surface area contributed by atoms with Crippen molar-refractivity contribution < 1.29 is 140 Å². The van der Waals surface area contributed by atoms with E-state index in [0.717, 1.165) is 19.2 Å². The normalized spacial score (nSPS) is 11.9. The Bertz CT molecular complexity index is 4290. The Morgan fingerprint density at radius 1 is 0.477 bits per heavy atom. The van der Waals surface area contributed by atoms with Gasteiger partial charge in [-0.05, 0) is 138 Å². The zero-order valence-electron chi connectivity index (χ0n) is 46.9. The predicted octanol–water partition coefficient (Wildman–Crippen LogP) is -1.92. The number of ether oxygens (including phenoxy) is 2. The monoisotopic (exact) mass is 1330 g/mol. The molecule has 0 aliphatic heterocycles. The van der Waals surface area contributed by atoms with E-state index in [4.69, 9.17) is 39.8 Å². The third-order valence-electron chi connectivity index (χ3n) is 13.0. The van der Waals surface area contributed by atoms with Crippen LogP contribution in [0.15, 0.2) is 133 Å². The molecule has 10 rings (SSSR count). The smallest absolute Gasteiger partial charge is 0.494 e. The number of rotatable bonds is 23. The van der Waals surface area contributed by atoms with E-state index in [0.29, 0.717) is 66.4 Å². The molecule has 88 heavy (non-hydrogen) atoms. The largest absolute Gasteiger partial charge is 1.00 e. The Hall–Kier alpha value is -6.58. The molecule has 0 saturated heterocycles. The van der Waals surface area contributed by atoms with Crippen molar-refractivity contribution in [2.45, 2.75) is 0 Å². The number of hydrogen-bond donors (Lipinski definition) is 4. The molecule has 28 nitrogen and oxygen atoms in total. The summed E-state index contributed by atoms with van der Waals surface area (Å²) in [5.41, 5.74) is 4.50. The molecule has 0 aliphatic rings. The minimum absolute atomic E-state index is 0. The van der Waals surface area contributed by atoms with Gasteiger partial charge in [-0.1, -0.05) is 69.0 Å². The summed E-state index contributed by atoms with van der Waals surface area (Å²) in [5, 5.41) is 20.3. The van der Waals surface area contributed by atoms with Gasteiger partial charge in [0.25, 0.3) is 63.9 Å². The van der Waals surface area contributed by atoms with Crippen molar-refractivity contribution in [3.8, 4) is 67.0 Å². The van der Waals surface area contributed by atoms with Gasteiger partial charge >= 0.3 is 69.4 Å². The zero-order chi connectivity index (χ0) is 61.3. The van der Waals surface area contributed by atoms with Crippen LogP contribution in [0.2, 0.25) is 0 Å². The molecule has 0 aliphatic carbocycles. The first-order chi connectivity index (χ1) is 40.8. The van der Waals surface area contributed by atoms with Gasteiger partial charge in [0, 0.05) is 58.6 Å². The van der Waals surface area contributed by atoms with E-state index in [2.05, 4.69) is 0 Å². The van der Waals surface area contributed by atoms with Crippen LogP contribution in [0.1, 0.15) is 20.7 Å². The van der Waals surface area contributed by atoms with Crippen molar-refractivity contribution in [1.82, 2.24) is 49.8 Å². The number of methoxy groups -OCH3 is 2. The molecular formula is C52H48N12Na2O16S6+4. The van der Waals surface area contributed by atoms with Crippen LogP contribution < -0.4 is 78.2 Å². The summed E-state index contributed by atoms with van der Waals surface area (Å²) in [6.07, 6.45) is 0. The third-order valence-corrected chi connectivity index (χ3v) is 17.8. The molecule has 0 spiro atoms. The standard InChI is InChI=1S/C52H46N12O16S6.2Na/c1-79-43-31-37(19-21-41(43)61-55-47(57-63(61)51-53-39-7-3-5-9-45(39)81-51)33-11-15-35(16-12-33)49(65)59(23-27-83(67,68)69)24-28-84(70,71)72)38-20-22-42(44(32-38)80-2)62-56-48(58-64(62)52-54-40-8-4-6-10-46(40)82-52)34-13-17-36(18-14-34)50(66)60(25-29-85(73,74)75)26-30-86(76,77)78;;/h3-22,31-32H,23-30H2,1-2H3,(H2-2,67,68,69,70,71,72,73,74,75,76,77,78);;/q;2*+1/p+2. The van der Waals surface area contributed by atoms with Gasteiger partial charge in [0.05, 0.1) is 46.6 Å². The summed E-state index contributed by atoms with van der Waals surface area (Å²) in [6, 6.07) is 37.6. The minimum atomic E-state index is -4.54. The minimum Gasteiger partial charge on any atom is -0.494 e. The van der Waals surface area contributed by atoms with E-state index >= 15 is 0 Å². The second kappa shape index (κ2) is 27.7. The molecule has 36 heteroatoms. The summed E-state index contributed by atoms with van der Waals surface area (Å²) in [7, 11) is -15.2. The Morgan fingerprint density at radius 3 is 1.10 bits per heavy atom. The molecule has 4 N–H and O–H groups in total. The summed E-state index contributed by atoms with van der Waals surface area (Å²) in [4.78, 5) is 44.5. The van der Waals surface area contributed by atoms with Crippen molar-refractivity contribution >= 4 is 95.4 Å². The van der Waals surface area contributed by atoms with E-state index in [-0.39, 0.29) is 81.9 Å². The fraction of sp³-hybridized carbons (Fsp3) is 0.192. The molecule has 0 radical (unpaired) electrons. The number of thiazole rings is 2. The Labute approximate surface area is 554 Å². The summed E-state index contributed by atoms with van der Waals surface area (Å²) >= 11 is 2.68. The first-order valence-electron chi connectivity index (χ1n) is 25.3. The summed E-state index contributed by atoms with van der Waals surface area (Å²) < 4.78 is 144. The predicted molar refractivity (Wildman–Crippen MR) is 313 cm³/mol. The molecular weight excluding hydrogens is 1290 g/mol. The van der Waals surface area contributed by atoms with Gasteiger partial charge in [0.2, 0.25) is 0 Å². The number of nitrogens with zero attached hydrogens (tertiary/aromatic N) is 12. The second-order valence-corrected chi connectivity index (χ2v) is 27.1. The fourth-order valence-electron chi connectivity index (χ4n) is 8.72. The van der Waals surface area contributed by atoms with Gasteiger partial charge in [0.1, 0.15) is 11.5 Å². The molecule has 10 aromatic rings. The maximum atomic E-state index is 13.6. The van der Waals surface area contributed by atoms with Crippen LogP contribution in [0.4, 0.5) is 0 Å². The average Bonchev–Trinajstić information content (AvgIpc) is 1.77. The van der Waals surface area contributed by atoms with Crippen LogP contribution in [0.5, 0.6) is 11.5 Å². The van der Waals surface area contributed by atoms with Crippen LogP contribution in [0.3, 0.4) is 0 Å². The van der Waals surface area contributed by atoms with E-state index in [1.807, 2.05) is 60.7 Å². The van der Waals surface area contributed by atoms with Crippen molar-refractivity contribution in [2.75, 3.05) is 63.4 Å². The number of hydrogen-bond acceptors (Lipinski definition) is 20. The maximum absolute atomic E-state index is 13.6. The van der Waals surface area contributed by atoms with Crippen molar-refractivity contribution in [2.24, 2.45) is 0 Å². The van der Waals surface area contributed by atoms with E-state index in [9.17, 15) is 61.5 Å². The molecule has 4 aromatic heterocycles. The van der Waals surface area contributed by atoms with Gasteiger partial charge in [0.15, 0.2) is 22.4 Å². The first kappa shape index (κ1) is 67.4. The number of tetrazole rings is 2. The van der Waals surface area contributed by atoms with Gasteiger partial charge in [-0.2, -0.15) is 33.7 Å². The molecule has 446 valence electrons. The van der Waals surface area contributed by atoms with Crippen LogP contribution in [0, 0.1) is 0 Å². The second-order valence-electron chi connectivity index (χ2n) is 18.8. The average molecular weight is 1340 g/mol. The van der Waals surface area contributed by atoms with E-state index in [1.54, 1.807) is 24.3 Å². The molecule has 0 atom stereocenters. The summed E-state index contributed by atoms with van der Waals surface area (Å²) in [5.74, 6) is -4.01. The van der Waals surface area contributed by atoms with Gasteiger partial charge in [-0.3, -0.25) is 27.8 Å². The maximum Gasteiger partial charge on any atom is 1.00 e. The van der Waals surface area contributed by atoms with Gasteiger partial charge < -0.3 is 19.3 Å². The van der Waals surface area contributed by atoms with Gasteiger partial charge in [-0.25, -0.2) is 0 Å². The molecule has 0 saturated carbocycles. The number of carbonyl (C=O) groups is 2. The van der Waals surface area contributed by atoms with Crippen LogP contribution in [-0.4, -0.2) is 177 Å². The SMILES string of the molecule is COc1cc(-c2ccc(-n3nc(-c4ccc(C(=O)N(CCS(=O)(=O)O)CCS(=O)(=O)O)cc4)n[n+]3-c3nc4ccccc4s3)c(OC)c2)ccc1-n1nc(-c2ccc(C(=O)N(CCS(=O)(=O)O)CCS(=O)(=O)O)cc2)n[n+]1-c1nc2ccccc2s1.[Na+].[Na+]. The van der Waals surface area contributed by atoms with Gasteiger partial charge in [-0.15, -0.1) is 0 Å². The Kier molecular flexibility index (Phi) is 21.2. The van der Waals surface area contributed by atoms with Crippen molar-refractivity contribution in [1.29, 1.82) is 0 Å². The molecule has 0 fully saturated rings. The quantitative estimate of drug-likeness (QED) is 0.0308. The first-order valence-corrected chi connectivity index (χ1v) is 33.4. The van der Waals surface area contributed by atoms with Crippen molar-refractivity contribution in [3.63, 3.8) is 0 Å². The number of para-hydroxylation sites is 2. The Morgan fingerprint density at radius 2 is 0.795 bits per heavy atom. The number of benzene rings is 6. The van der Waals surface area contributed by atoms with Crippen LogP contribution >= 0.6 is 22.7 Å². The van der Waals surface area contributed by atoms with Crippen molar-refractivity contribution in [3.05, 3.63) is 145 Å². The number of amides is 2. The molecule has 0 unspecified atom stereocenters. The van der Waals surface area contributed by atoms with E-state index in [1.165, 1.54) is 105 Å². The van der Waals surface area contributed by atoms with E-state index < -0.39 is 101 Å². The Balaban J connectivity index is 0.00000501. The fourth-order valence-corrected chi connectivity index (χ4v) is 12.3. The summed E-state index contributed by atoms with van der Waals surface area (Å²) in [6.45, 7) is -2.24. The third kappa shape index (κ3) is 16.2. The zero-order valence-corrected chi connectivity index (χ0v) is 55.8. The molecule has 0 bridgehead atoms. The van der Waals surface area contributed by atoms with Crippen LogP contribution in [-0.2, 0) is 40.5 Å². The number of carbonyl (C=O) groups excluding carboxylic acids is 2. The molecule has 4 heterocycles.